The second-order valence-corrected chi connectivity index (χ2v) is 6.13. The van der Waals surface area contributed by atoms with Crippen molar-refractivity contribution in [1.29, 1.82) is 0 Å². The maximum atomic E-state index is 12.1. The van der Waals surface area contributed by atoms with E-state index in [-0.39, 0.29) is 29.8 Å². The Hall–Kier alpha value is -1.10. The lowest BCUT2D eigenvalue weighted by atomic mass is 9.95. The van der Waals surface area contributed by atoms with Gasteiger partial charge in [-0.3, -0.25) is 9.59 Å². The normalized spacial score (nSPS) is 24.1. The van der Waals surface area contributed by atoms with Gasteiger partial charge in [-0.15, -0.1) is 0 Å². The summed E-state index contributed by atoms with van der Waals surface area (Å²) in [6.45, 7) is 6.69. The number of carbonyl (C=O) groups excluding carboxylic acids is 2. The third-order valence-corrected chi connectivity index (χ3v) is 4.20. The zero-order chi connectivity index (χ0) is 14.5. The molecule has 0 aromatic rings. The standard InChI is InChI=1S/C15H26N2O3/c1-11(2)15(19)17-7-5-12(6-8-17)14(18)16-10-13-4-3-9-20-13/h11-13H,3-10H2,1-2H3,(H,16,18). The van der Waals surface area contributed by atoms with Crippen LogP contribution in [0.4, 0.5) is 0 Å². The number of likely N-dealkylation sites (tertiary alicyclic amines) is 1. The summed E-state index contributed by atoms with van der Waals surface area (Å²) < 4.78 is 5.50. The molecule has 0 saturated carbocycles. The lowest BCUT2D eigenvalue weighted by Gasteiger charge is -2.32. The minimum Gasteiger partial charge on any atom is -0.376 e. The lowest BCUT2D eigenvalue weighted by Crippen LogP contribution is -2.45. The van der Waals surface area contributed by atoms with E-state index in [1.807, 2.05) is 18.7 Å². The van der Waals surface area contributed by atoms with Gasteiger partial charge >= 0.3 is 0 Å². The summed E-state index contributed by atoms with van der Waals surface area (Å²) in [4.78, 5) is 25.9. The number of ether oxygens (including phenoxy) is 1. The molecule has 0 aliphatic carbocycles. The molecule has 20 heavy (non-hydrogen) atoms. The highest BCUT2D eigenvalue weighted by molar-refractivity contribution is 5.80. The molecular weight excluding hydrogens is 256 g/mol. The summed E-state index contributed by atoms with van der Waals surface area (Å²) in [5.74, 6) is 0.410. The number of hydrogen-bond acceptors (Lipinski definition) is 3. The summed E-state index contributed by atoms with van der Waals surface area (Å²) in [5.41, 5.74) is 0. The van der Waals surface area contributed by atoms with Gasteiger partial charge in [-0.1, -0.05) is 13.8 Å². The highest BCUT2D eigenvalue weighted by Gasteiger charge is 2.28. The highest BCUT2D eigenvalue weighted by atomic mass is 16.5. The zero-order valence-corrected chi connectivity index (χ0v) is 12.6. The van der Waals surface area contributed by atoms with Crippen LogP contribution in [0.5, 0.6) is 0 Å². The molecule has 5 heteroatoms. The smallest absolute Gasteiger partial charge is 0.225 e. The maximum absolute atomic E-state index is 12.1. The van der Waals surface area contributed by atoms with Crippen LogP contribution in [-0.2, 0) is 14.3 Å². The summed E-state index contributed by atoms with van der Waals surface area (Å²) >= 11 is 0. The first kappa shape index (κ1) is 15.3. The molecule has 2 aliphatic heterocycles. The Morgan fingerprint density at radius 2 is 1.95 bits per heavy atom. The van der Waals surface area contributed by atoms with Crippen molar-refractivity contribution in [2.75, 3.05) is 26.2 Å². The molecule has 2 fully saturated rings. The average molecular weight is 282 g/mol. The maximum Gasteiger partial charge on any atom is 0.225 e. The molecule has 2 amide bonds. The van der Waals surface area contributed by atoms with Crippen LogP contribution in [-0.4, -0.2) is 49.1 Å². The number of nitrogens with one attached hydrogen (secondary N) is 1. The molecule has 0 aromatic heterocycles. The van der Waals surface area contributed by atoms with Gasteiger partial charge in [0.1, 0.15) is 0 Å². The Morgan fingerprint density at radius 1 is 1.25 bits per heavy atom. The minimum atomic E-state index is 0.0416. The predicted molar refractivity (Wildman–Crippen MR) is 76.1 cm³/mol. The molecule has 2 aliphatic rings. The Balaban J connectivity index is 1.70. The van der Waals surface area contributed by atoms with Gasteiger partial charge < -0.3 is 15.0 Å². The van der Waals surface area contributed by atoms with E-state index in [4.69, 9.17) is 4.74 Å². The van der Waals surface area contributed by atoms with Crippen LogP contribution in [0.25, 0.3) is 0 Å². The molecule has 0 spiro atoms. The van der Waals surface area contributed by atoms with E-state index in [0.29, 0.717) is 19.6 Å². The van der Waals surface area contributed by atoms with Gasteiger partial charge in [0.05, 0.1) is 6.10 Å². The van der Waals surface area contributed by atoms with Gasteiger partial charge in [-0.2, -0.15) is 0 Å². The Morgan fingerprint density at radius 3 is 2.50 bits per heavy atom. The van der Waals surface area contributed by atoms with Gasteiger partial charge in [0.2, 0.25) is 11.8 Å². The van der Waals surface area contributed by atoms with Crippen LogP contribution < -0.4 is 5.32 Å². The van der Waals surface area contributed by atoms with Crippen molar-refractivity contribution in [1.82, 2.24) is 10.2 Å². The molecule has 2 heterocycles. The van der Waals surface area contributed by atoms with Crippen LogP contribution >= 0.6 is 0 Å². The molecule has 114 valence electrons. The first-order valence-electron chi connectivity index (χ1n) is 7.76. The van der Waals surface area contributed by atoms with E-state index in [9.17, 15) is 9.59 Å². The van der Waals surface area contributed by atoms with Gasteiger partial charge in [-0.25, -0.2) is 0 Å². The number of amides is 2. The van der Waals surface area contributed by atoms with Crippen molar-refractivity contribution < 1.29 is 14.3 Å². The van der Waals surface area contributed by atoms with Crippen molar-refractivity contribution in [2.24, 2.45) is 11.8 Å². The van der Waals surface area contributed by atoms with E-state index in [2.05, 4.69) is 5.32 Å². The fourth-order valence-electron chi connectivity index (χ4n) is 2.89. The molecule has 0 bridgehead atoms. The van der Waals surface area contributed by atoms with Crippen LogP contribution in [0.3, 0.4) is 0 Å². The van der Waals surface area contributed by atoms with E-state index >= 15 is 0 Å². The first-order valence-corrected chi connectivity index (χ1v) is 7.76. The van der Waals surface area contributed by atoms with Crippen molar-refractivity contribution >= 4 is 11.8 Å². The van der Waals surface area contributed by atoms with Crippen molar-refractivity contribution in [3.05, 3.63) is 0 Å². The number of rotatable bonds is 4. The Kier molecular flexibility index (Phi) is 5.40. The molecule has 1 unspecified atom stereocenters. The van der Waals surface area contributed by atoms with E-state index < -0.39 is 0 Å². The summed E-state index contributed by atoms with van der Waals surface area (Å²) in [6.07, 6.45) is 3.88. The molecule has 2 rings (SSSR count). The van der Waals surface area contributed by atoms with Crippen LogP contribution in [0, 0.1) is 11.8 Å². The van der Waals surface area contributed by atoms with Gasteiger partial charge in [-0.05, 0) is 25.7 Å². The number of hydrogen-bond donors (Lipinski definition) is 1. The molecule has 2 saturated heterocycles. The predicted octanol–water partition coefficient (Wildman–Crippen LogP) is 1.18. The van der Waals surface area contributed by atoms with Gasteiger partial charge in [0.25, 0.3) is 0 Å². The fraction of sp³-hybridized carbons (Fsp3) is 0.867. The number of nitrogens with zero attached hydrogens (tertiary/aromatic N) is 1. The van der Waals surface area contributed by atoms with Crippen molar-refractivity contribution in [3.63, 3.8) is 0 Å². The van der Waals surface area contributed by atoms with E-state index in [0.717, 1.165) is 32.3 Å². The minimum absolute atomic E-state index is 0.0416. The Labute approximate surface area is 121 Å². The first-order chi connectivity index (χ1) is 9.58. The average Bonchev–Trinajstić information content (AvgIpc) is 2.97. The Bertz CT molecular complexity index is 343. The van der Waals surface area contributed by atoms with Crippen LogP contribution in [0.15, 0.2) is 0 Å². The fourth-order valence-corrected chi connectivity index (χ4v) is 2.89. The number of piperidine rings is 1. The monoisotopic (exact) mass is 282 g/mol. The third-order valence-electron chi connectivity index (χ3n) is 4.20. The quantitative estimate of drug-likeness (QED) is 0.842. The van der Waals surface area contributed by atoms with Crippen molar-refractivity contribution in [3.8, 4) is 0 Å². The second kappa shape index (κ2) is 7.07. The second-order valence-electron chi connectivity index (χ2n) is 6.13. The molecule has 1 atom stereocenters. The topological polar surface area (TPSA) is 58.6 Å². The van der Waals surface area contributed by atoms with Gasteiger partial charge in [0, 0.05) is 38.1 Å². The van der Waals surface area contributed by atoms with Crippen LogP contribution in [0.1, 0.15) is 39.5 Å². The van der Waals surface area contributed by atoms with Gasteiger partial charge in [0.15, 0.2) is 0 Å². The summed E-state index contributed by atoms with van der Waals surface area (Å²) in [6, 6.07) is 0. The largest absolute Gasteiger partial charge is 0.376 e. The van der Waals surface area contributed by atoms with Crippen molar-refractivity contribution in [2.45, 2.75) is 45.6 Å². The zero-order valence-electron chi connectivity index (χ0n) is 12.6. The third kappa shape index (κ3) is 3.95. The lowest BCUT2D eigenvalue weighted by molar-refractivity contribution is -0.138. The SMILES string of the molecule is CC(C)C(=O)N1CCC(C(=O)NCC2CCCO2)CC1. The molecular formula is C15H26N2O3. The molecule has 1 N–H and O–H groups in total. The summed E-state index contributed by atoms with van der Waals surface area (Å²) in [7, 11) is 0. The molecule has 0 radical (unpaired) electrons. The number of carbonyl (C=O) groups is 2. The molecule has 0 aromatic carbocycles. The summed E-state index contributed by atoms with van der Waals surface area (Å²) in [5, 5.41) is 2.99. The van der Waals surface area contributed by atoms with Crippen LogP contribution in [0.2, 0.25) is 0 Å². The van der Waals surface area contributed by atoms with E-state index in [1.165, 1.54) is 0 Å². The van der Waals surface area contributed by atoms with E-state index in [1.54, 1.807) is 0 Å². The highest BCUT2D eigenvalue weighted by Crippen LogP contribution is 2.19. The molecule has 5 nitrogen and oxygen atoms in total.